The van der Waals surface area contributed by atoms with Gasteiger partial charge < -0.3 is 5.32 Å². The van der Waals surface area contributed by atoms with E-state index >= 15 is 0 Å². The van der Waals surface area contributed by atoms with Crippen LogP contribution in [0.1, 0.15) is 63.3 Å². The van der Waals surface area contributed by atoms with Gasteiger partial charge in [0.2, 0.25) is 5.91 Å². The zero-order chi connectivity index (χ0) is 15.8. The van der Waals surface area contributed by atoms with E-state index in [9.17, 15) is 4.79 Å². The van der Waals surface area contributed by atoms with Crippen molar-refractivity contribution in [2.24, 2.45) is 5.92 Å². The Kier molecular flexibility index (Phi) is 9.84. The van der Waals surface area contributed by atoms with Gasteiger partial charge in [-0.15, -0.1) is 23.7 Å². The molecule has 1 amide bonds. The molecule has 2 rings (SSSR count). The van der Waals surface area contributed by atoms with Gasteiger partial charge >= 0.3 is 0 Å². The zero-order valence-electron chi connectivity index (χ0n) is 14.4. The molecule has 1 aromatic heterocycles. The van der Waals surface area contributed by atoms with Crippen LogP contribution >= 0.6 is 23.7 Å². The molecule has 1 aromatic rings. The molecule has 0 saturated carbocycles. The van der Waals surface area contributed by atoms with Crippen LogP contribution < -0.4 is 5.32 Å². The fraction of sp³-hybridized carbons (Fsp3) is 0.722. The summed E-state index contributed by atoms with van der Waals surface area (Å²) in [6, 6.07) is 4.67. The first-order valence-corrected chi connectivity index (χ1v) is 9.69. The summed E-state index contributed by atoms with van der Waals surface area (Å²) >= 11 is 1.81. The third-order valence-corrected chi connectivity index (χ3v) is 5.75. The van der Waals surface area contributed by atoms with Gasteiger partial charge in [-0.2, -0.15) is 0 Å². The van der Waals surface area contributed by atoms with E-state index in [4.69, 9.17) is 0 Å². The number of amides is 1. The maximum Gasteiger partial charge on any atom is 0.223 e. The number of carbonyl (C=O) groups is 1. The van der Waals surface area contributed by atoms with Crippen molar-refractivity contribution < 1.29 is 4.79 Å². The van der Waals surface area contributed by atoms with Gasteiger partial charge in [-0.25, -0.2) is 0 Å². The van der Waals surface area contributed by atoms with Gasteiger partial charge in [0.15, 0.2) is 0 Å². The first-order chi connectivity index (χ1) is 10.8. The van der Waals surface area contributed by atoms with Gasteiger partial charge in [-0.3, -0.25) is 9.69 Å². The monoisotopic (exact) mass is 358 g/mol. The average Bonchev–Trinajstić information content (AvgIpc) is 2.92. The van der Waals surface area contributed by atoms with Crippen LogP contribution in [0, 0.1) is 5.92 Å². The number of halogens is 1. The lowest BCUT2D eigenvalue weighted by Gasteiger charge is -2.30. The predicted molar refractivity (Wildman–Crippen MR) is 101 cm³/mol. The molecule has 0 aliphatic carbocycles. The van der Waals surface area contributed by atoms with E-state index in [1.54, 1.807) is 0 Å². The van der Waals surface area contributed by atoms with Crippen molar-refractivity contribution in [3.8, 4) is 0 Å². The highest BCUT2D eigenvalue weighted by Gasteiger charge is 2.24. The summed E-state index contributed by atoms with van der Waals surface area (Å²) in [6.07, 6.45) is 7.09. The Hall–Kier alpha value is -0.580. The SMILES string of the molecule is CCC(CC)C(=O)NCC(c1cccs1)N1CCCCCC1.Cl. The molecule has 3 nitrogen and oxygen atoms in total. The summed E-state index contributed by atoms with van der Waals surface area (Å²) in [7, 11) is 0. The quantitative estimate of drug-likeness (QED) is 0.770. The van der Waals surface area contributed by atoms with Crippen LogP contribution in [0.2, 0.25) is 0 Å². The van der Waals surface area contributed by atoms with Crippen molar-refractivity contribution in [3.63, 3.8) is 0 Å². The highest BCUT2D eigenvalue weighted by Crippen LogP contribution is 2.27. The minimum absolute atomic E-state index is 0. The van der Waals surface area contributed by atoms with E-state index < -0.39 is 0 Å². The second-order valence-electron chi connectivity index (χ2n) is 6.24. The Labute approximate surface area is 151 Å². The fourth-order valence-electron chi connectivity index (χ4n) is 3.30. The molecule has 0 bridgehead atoms. The van der Waals surface area contributed by atoms with Gasteiger partial charge in [0.05, 0.1) is 6.04 Å². The number of nitrogens with zero attached hydrogens (tertiary/aromatic N) is 1. The van der Waals surface area contributed by atoms with E-state index in [2.05, 4.69) is 41.6 Å². The third kappa shape index (κ3) is 6.09. The topological polar surface area (TPSA) is 32.3 Å². The molecule has 23 heavy (non-hydrogen) atoms. The number of nitrogens with one attached hydrogen (secondary N) is 1. The molecule has 132 valence electrons. The summed E-state index contributed by atoms with van der Waals surface area (Å²) in [6.45, 7) is 7.25. The molecule has 1 fully saturated rings. The van der Waals surface area contributed by atoms with Gasteiger partial charge in [-0.1, -0.05) is 32.8 Å². The van der Waals surface area contributed by atoms with Crippen LogP contribution in [0.4, 0.5) is 0 Å². The minimum Gasteiger partial charge on any atom is -0.354 e. The lowest BCUT2D eigenvalue weighted by Crippen LogP contribution is -2.40. The van der Waals surface area contributed by atoms with Crippen LogP contribution in [0.25, 0.3) is 0 Å². The second kappa shape index (κ2) is 11.1. The van der Waals surface area contributed by atoms with Crippen LogP contribution in [0.3, 0.4) is 0 Å². The Morgan fingerprint density at radius 1 is 1.22 bits per heavy atom. The molecule has 1 saturated heterocycles. The van der Waals surface area contributed by atoms with E-state index in [1.165, 1.54) is 30.6 Å². The van der Waals surface area contributed by atoms with Crippen molar-refractivity contribution in [2.45, 2.75) is 58.4 Å². The molecule has 0 radical (unpaired) electrons. The number of likely N-dealkylation sites (tertiary alicyclic amines) is 1. The molecule has 1 atom stereocenters. The Bertz CT molecular complexity index is 426. The van der Waals surface area contributed by atoms with Gasteiger partial charge in [0.1, 0.15) is 0 Å². The molecule has 1 N–H and O–H groups in total. The van der Waals surface area contributed by atoms with Gasteiger partial charge in [0.25, 0.3) is 0 Å². The van der Waals surface area contributed by atoms with E-state index in [1.807, 2.05) is 11.3 Å². The maximum atomic E-state index is 12.3. The van der Waals surface area contributed by atoms with Crippen molar-refractivity contribution in [1.29, 1.82) is 0 Å². The van der Waals surface area contributed by atoms with Crippen LogP contribution in [0.15, 0.2) is 17.5 Å². The largest absolute Gasteiger partial charge is 0.354 e. The molecular formula is C18H31ClN2OS. The van der Waals surface area contributed by atoms with Crippen LogP contribution in [-0.2, 0) is 4.79 Å². The van der Waals surface area contributed by atoms with Gasteiger partial charge in [-0.05, 0) is 50.2 Å². The lowest BCUT2D eigenvalue weighted by atomic mass is 10.0. The lowest BCUT2D eigenvalue weighted by molar-refractivity contribution is -0.125. The van der Waals surface area contributed by atoms with Crippen molar-refractivity contribution in [1.82, 2.24) is 10.2 Å². The Balaban J connectivity index is 0.00000264. The maximum absolute atomic E-state index is 12.3. The summed E-state index contributed by atoms with van der Waals surface area (Å²) in [5, 5.41) is 5.36. The minimum atomic E-state index is 0. The van der Waals surface area contributed by atoms with Crippen molar-refractivity contribution >= 4 is 29.7 Å². The Morgan fingerprint density at radius 3 is 2.39 bits per heavy atom. The molecule has 1 aliphatic rings. The molecule has 1 aliphatic heterocycles. The summed E-state index contributed by atoms with van der Waals surface area (Å²) < 4.78 is 0. The van der Waals surface area contributed by atoms with Crippen LogP contribution in [0.5, 0.6) is 0 Å². The number of hydrogen-bond donors (Lipinski definition) is 1. The molecule has 1 unspecified atom stereocenters. The molecular weight excluding hydrogens is 328 g/mol. The van der Waals surface area contributed by atoms with Crippen molar-refractivity contribution in [3.05, 3.63) is 22.4 Å². The molecule has 5 heteroatoms. The van der Waals surface area contributed by atoms with E-state index in [0.29, 0.717) is 6.04 Å². The van der Waals surface area contributed by atoms with Crippen LogP contribution in [-0.4, -0.2) is 30.4 Å². The number of thiophene rings is 1. The zero-order valence-corrected chi connectivity index (χ0v) is 16.1. The number of carbonyl (C=O) groups excluding carboxylic acids is 1. The van der Waals surface area contributed by atoms with Crippen molar-refractivity contribution in [2.75, 3.05) is 19.6 Å². The first-order valence-electron chi connectivity index (χ1n) is 8.81. The van der Waals surface area contributed by atoms with E-state index in [-0.39, 0.29) is 24.2 Å². The first kappa shape index (κ1) is 20.5. The summed E-state index contributed by atoms with van der Waals surface area (Å²) in [5.74, 6) is 0.384. The standard InChI is InChI=1S/C18H30N2OS.ClH/c1-3-15(4-2)18(21)19-14-16(17-10-9-13-22-17)20-11-7-5-6-8-12-20;/h9-10,13,15-16H,3-8,11-12,14H2,1-2H3,(H,19,21);1H. The average molecular weight is 359 g/mol. The summed E-state index contributed by atoms with van der Waals surface area (Å²) in [4.78, 5) is 16.3. The highest BCUT2D eigenvalue weighted by molar-refractivity contribution is 7.10. The van der Waals surface area contributed by atoms with E-state index in [0.717, 1.165) is 32.5 Å². The molecule has 2 heterocycles. The predicted octanol–water partition coefficient (Wildman–Crippen LogP) is 4.64. The van der Waals surface area contributed by atoms with Gasteiger partial charge in [0, 0.05) is 17.3 Å². The number of hydrogen-bond acceptors (Lipinski definition) is 3. The normalized spacial score (nSPS) is 17.3. The second-order valence-corrected chi connectivity index (χ2v) is 7.22. The number of rotatable bonds is 7. The summed E-state index contributed by atoms with van der Waals surface area (Å²) in [5.41, 5.74) is 0. The highest BCUT2D eigenvalue weighted by atomic mass is 35.5. The third-order valence-electron chi connectivity index (χ3n) is 4.78. The smallest absolute Gasteiger partial charge is 0.223 e. The Morgan fingerprint density at radius 2 is 1.87 bits per heavy atom. The molecule has 0 aromatic carbocycles. The fourth-order valence-corrected chi connectivity index (χ4v) is 4.16. The molecule has 0 spiro atoms.